The Morgan fingerprint density at radius 1 is 1.00 bits per heavy atom. The summed E-state index contributed by atoms with van der Waals surface area (Å²) in [6.07, 6.45) is 1.90. The van der Waals surface area contributed by atoms with E-state index in [9.17, 15) is 4.79 Å². The number of benzene rings is 2. The first kappa shape index (κ1) is 14.9. The second kappa shape index (κ2) is 6.43. The molecule has 0 unspecified atom stereocenters. The average Bonchev–Trinajstić information content (AvgIpc) is 3.11. The van der Waals surface area contributed by atoms with Gasteiger partial charge in [-0.3, -0.25) is 4.79 Å². The molecule has 2 heterocycles. The zero-order chi connectivity index (χ0) is 16.4. The van der Waals surface area contributed by atoms with E-state index in [-0.39, 0.29) is 18.7 Å². The van der Waals surface area contributed by atoms with Gasteiger partial charge >= 0.3 is 0 Å². The predicted octanol–water partition coefficient (Wildman–Crippen LogP) is 2.81. The van der Waals surface area contributed by atoms with E-state index in [0.29, 0.717) is 17.1 Å². The number of carbonyl (C=O) groups excluding carboxylic acids is 1. The van der Waals surface area contributed by atoms with Gasteiger partial charge in [0.05, 0.1) is 0 Å². The van der Waals surface area contributed by atoms with Gasteiger partial charge in [0.25, 0.3) is 5.91 Å². The Bertz CT molecular complexity index is 725. The number of ether oxygens (including phenoxy) is 2. The normalized spacial score (nSPS) is 16.9. The summed E-state index contributed by atoms with van der Waals surface area (Å²) in [5.41, 5.74) is 1.86. The molecular weight excluding hydrogens is 304 g/mol. The summed E-state index contributed by atoms with van der Waals surface area (Å²) in [5.74, 6) is 1.29. The zero-order valence-electron chi connectivity index (χ0n) is 13.4. The Kier molecular flexibility index (Phi) is 3.99. The van der Waals surface area contributed by atoms with Crippen molar-refractivity contribution >= 4 is 11.6 Å². The lowest BCUT2D eigenvalue weighted by molar-refractivity contribution is 0.0930. The third-order valence-electron chi connectivity index (χ3n) is 4.59. The second-order valence-electron chi connectivity index (χ2n) is 6.14. The van der Waals surface area contributed by atoms with Crippen LogP contribution < -0.4 is 19.7 Å². The molecule has 0 atom stereocenters. The quantitative estimate of drug-likeness (QED) is 0.943. The number of hydrogen-bond acceptors (Lipinski definition) is 4. The van der Waals surface area contributed by atoms with Crippen LogP contribution in [0.3, 0.4) is 0 Å². The van der Waals surface area contributed by atoms with Gasteiger partial charge in [-0.15, -0.1) is 0 Å². The van der Waals surface area contributed by atoms with Crippen LogP contribution in [0.4, 0.5) is 5.69 Å². The average molecular weight is 324 g/mol. The van der Waals surface area contributed by atoms with E-state index in [0.717, 1.165) is 25.9 Å². The van der Waals surface area contributed by atoms with Crippen molar-refractivity contribution in [2.75, 3.05) is 24.8 Å². The van der Waals surface area contributed by atoms with Gasteiger partial charge in [0.15, 0.2) is 11.5 Å². The molecule has 0 aliphatic carbocycles. The van der Waals surface area contributed by atoms with Gasteiger partial charge < -0.3 is 19.7 Å². The fourth-order valence-corrected chi connectivity index (χ4v) is 3.23. The number of anilines is 1. The monoisotopic (exact) mass is 324 g/mol. The smallest absolute Gasteiger partial charge is 0.251 e. The molecule has 0 spiro atoms. The van der Waals surface area contributed by atoms with Gasteiger partial charge in [0, 0.05) is 30.4 Å². The van der Waals surface area contributed by atoms with Crippen molar-refractivity contribution in [2.45, 2.75) is 18.9 Å². The fourth-order valence-electron chi connectivity index (χ4n) is 3.23. The fraction of sp³-hybridized carbons (Fsp3) is 0.316. The second-order valence-corrected chi connectivity index (χ2v) is 6.14. The highest BCUT2D eigenvalue weighted by Gasteiger charge is 2.22. The summed E-state index contributed by atoms with van der Waals surface area (Å²) >= 11 is 0. The van der Waals surface area contributed by atoms with Gasteiger partial charge in [-0.1, -0.05) is 18.2 Å². The Labute approximate surface area is 141 Å². The lowest BCUT2D eigenvalue weighted by atomic mass is 10.0. The molecule has 1 amide bonds. The number of hydrogen-bond donors (Lipinski definition) is 1. The minimum absolute atomic E-state index is 0.0496. The van der Waals surface area contributed by atoms with E-state index < -0.39 is 0 Å². The SMILES string of the molecule is O=C(NC1CCN(c2ccccc2)CC1)c1ccc2c(c1)OCO2. The minimum atomic E-state index is -0.0496. The molecule has 2 aromatic rings. The number of piperidine rings is 1. The molecule has 0 saturated carbocycles. The molecule has 1 fully saturated rings. The molecule has 0 aromatic heterocycles. The van der Waals surface area contributed by atoms with Gasteiger partial charge in [0.2, 0.25) is 6.79 Å². The Balaban J connectivity index is 1.34. The lowest BCUT2D eigenvalue weighted by Crippen LogP contribution is -2.44. The van der Waals surface area contributed by atoms with Gasteiger partial charge in [0.1, 0.15) is 0 Å². The molecule has 24 heavy (non-hydrogen) atoms. The Morgan fingerprint density at radius 3 is 2.54 bits per heavy atom. The molecule has 1 N–H and O–H groups in total. The minimum Gasteiger partial charge on any atom is -0.454 e. The summed E-state index contributed by atoms with van der Waals surface area (Å²) in [7, 11) is 0. The zero-order valence-corrected chi connectivity index (χ0v) is 13.4. The van der Waals surface area contributed by atoms with E-state index in [4.69, 9.17) is 9.47 Å². The molecule has 4 rings (SSSR count). The van der Waals surface area contributed by atoms with Gasteiger partial charge in [-0.05, 0) is 43.2 Å². The van der Waals surface area contributed by atoms with Crippen LogP contribution >= 0.6 is 0 Å². The first-order valence-corrected chi connectivity index (χ1v) is 8.30. The molecule has 1 saturated heterocycles. The van der Waals surface area contributed by atoms with E-state index in [2.05, 4.69) is 34.5 Å². The number of carbonyl (C=O) groups is 1. The number of fused-ring (bicyclic) bond motifs is 1. The molecule has 5 nitrogen and oxygen atoms in total. The Morgan fingerprint density at radius 2 is 1.75 bits per heavy atom. The van der Waals surface area contributed by atoms with E-state index in [1.54, 1.807) is 18.2 Å². The van der Waals surface area contributed by atoms with Crippen LogP contribution in [-0.2, 0) is 0 Å². The topological polar surface area (TPSA) is 50.8 Å². The molecule has 0 radical (unpaired) electrons. The molecule has 2 aromatic carbocycles. The molecule has 0 bridgehead atoms. The van der Waals surface area contributed by atoms with E-state index >= 15 is 0 Å². The van der Waals surface area contributed by atoms with Gasteiger partial charge in [-0.2, -0.15) is 0 Å². The van der Waals surface area contributed by atoms with Gasteiger partial charge in [-0.25, -0.2) is 0 Å². The summed E-state index contributed by atoms with van der Waals surface area (Å²) in [4.78, 5) is 14.8. The highest BCUT2D eigenvalue weighted by Crippen LogP contribution is 2.32. The number of rotatable bonds is 3. The molecular formula is C19H20N2O3. The maximum atomic E-state index is 12.4. The Hall–Kier alpha value is -2.69. The first-order chi connectivity index (χ1) is 11.8. The van der Waals surface area contributed by atoms with Crippen LogP contribution in [0, 0.1) is 0 Å². The lowest BCUT2D eigenvalue weighted by Gasteiger charge is -2.34. The molecule has 124 valence electrons. The maximum Gasteiger partial charge on any atom is 0.251 e. The van der Waals surface area contributed by atoms with Crippen molar-refractivity contribution in [1.29, 1.82) is 0 Å². The van der Waals surface area contributed by atoms with Crippen LogP contribution in [0.2, 0.25) is 0 Å². The largest absolute Gasteiger partial charge is 0.454 e. The third kappa shape index (κ3) is 3.02. The molecule has 5 heteroatoms. The van der Waals surface area contributed by atoms with Crippen molar-refractivity contribution in [1.82, 2.24) is 5.32 Å². The number of nitrogens with one attached hydrogen (secondary N) is 1. The summed E-state index contributed by atoms with van der Waals surface area (Å²) in [6, 6.07) is 15.9. The maximum absolute atomic E-state index is 12.4. The summed E-state index contributed by atoms with van der Waals surface area (Å²) in [6.45, 7) is 2.13. The molecule has 2 aliphatic heterocycles. The van der Waals surface area contributed by atoms with Crippen molar-refractivity contribution in [3.8, 4) is 11.5 Å². The highest BCUT2D eigenvalue weighted by atomic mass is 16.7. The number of amides is 1. The number of para-hydroxylation sites is 1. The van der Waals surface area contributed by atoms with Crippen molar-refractivity contribution in [3.05, 3.63) is 54.1 Å². The van der Waals surface area contributed by atoms with Crippen LogP contribution in [0.25, 0.3) is 0 Å². The van der Waals surface area contributed by atoms with Crippen molar-refractivity contribution in [2.24, 2.45) is 0 Å². The van der Waals surface area contributed by atoms with Crippen LogP contribution in [0.15, 0.2) is 48.5 Å². The molecule has 2 aliphatic rings. The van der Waals surface area contributed by atoms with Crippen LogP contribution in [0.5, 0.6) is 11.5 Å². The number of nitrogens with zero attached hydrogens (tertiary/aromatic N) is 1. The van der Waals surface area contributed by atoms with E-state index in [1.807, 2.05) is 6.07 Å². The van der Waals surface area contributed by atoms with Crippen LogP contribution in [-0.4, -0.2) is 31.8 Å². The van der Waals surface area contributed by atoms with Crippen molar-refractivity contribution in [3.63, 3.8) is 0 Å². The summed E-state index contributed by atoms with van der Waals surface area (Å²) in [5, 5.41) is 3.14. The third-order valence-corrected chi connectivity index (χ3v) is 4.59. The van der Waals surface area contributed by atoms with Crippen molar-refractivity contribution < 1.29 is 14.3 Å². The summed E-state index contributed by atoms with van der Waals surface area (Å²) < 4.78 is 10.6. The first-order valence-electron chi connectivity index (χ1n) is 8.30. The predicted molar refractivity (Wildman–Crippen MR) is 91.7 cm³/mol. The van der Waals surface area contributed by atoms with E-state index in [1.165, 1.54) is 5.69 Å². The standard InChI is InChI=1S/C19H20N2O3/c22-19(14-6-7-17-18(12-14)24-13-23-17)20-15-8-10-21(11-9-15)16-4-2-1-3-5-16/h1-7,12,15H,8-11,13H2,(H,20,22). The van der Waals surface area contributed by atoms with Crippen LogP contribution in [0.1, 0.15) is 23.2 Å². The highest BCUT2D eigenvalue weighted by molar-refractivity contribution is 5.95.